The molecule has 1 fully saturated rings. The Morgan fingerprint density at radius 1 is 1.13 bits per heavy atom. The minimum atomic E-state index is -0.103. The fraction of sp³-hybridized carbons (Fsp3) is 0.560. The smallest absolute Gasteiger partial charge is 0.225 e. The second-order valence-electron chi connectivity index (χ2n) is 9.24. The monoisotopic (exact) mass is 420 g/mol. The second kappa shape index (κ2) is 8.48. The van der Waals surface area contributed by atoms with Gasteiger partial charge < -0.3 is 14.8 Å². The summed E-state index contributed by atoms with van der Waals surface area (Å²) in [7, 11) is 0. The number of imidazole rings is 1. The number of aryl methyl sites for hydroxylation is 3. The number of nitrogens with zero attached hydrogens (tertiary/aromatic N) is 3. The fourth-order valence-electron chi connectivity index (χ4n) is 5.43. The van der Waals surface area contributed by atoms with Gasteiger partial charge in [-0.15, -0.1) is 0 Å². The zero-order chi connectivity index (χ0) is 21.4. The number of rotatable bonds is 4. The minimum absolute atomic E-state index is 0.0444. The second-order valence-corrected chi connectivity index (χ2v) is 9.24. The molecule has 1 N–H and O–H groups in total. The number of carbonyl (C=O) groups is 2. The molecule has 0 radical (unpaired) electrons. The Labute approximate surface area is 184 Å². The van der Waals surface area contributed by atoms with Crippen molar-refractivity contribution in [1.29, 1.82) is 0 Å². The van der Waals surface area contributed by atoms with Crippen molar-refractivity contribution in [2.75, 3.05) is 13.1 Å². The summed E-state index contributed by atoms with van der Waals surface area (Å²) in [5.74, 6) is 1.32. The van der Waals surface area contributed by atoms with Crippen LogP contribution in [0.15, 0.2) is 24.4 Å². The number of piperidine rings is 1. The number of carbonyl (C=O) groups excluding carboxylic acids is 2. The van der Waals surface area contributed by atoms with Crippen molar-refractivity contribution in [3.63, 3.8) is 0 Å². The van der Waals surface area contributed by atoms with Crippen LogP contribution in [0.4, 0.5) is 0 Å². The van der Waals surface area contributed by atoms with E-state index < -0.39 is 0 Å². The molecule has 1 aromatic heterocycles. The lowest BCUT2D eigenvalue weighted by atomic mass is 9.85. The minimum Gasteiger partial charge on any atom is -0.349 e. The Bertz CT molecular complexity index is 974. The molecule has 2 aromatic rings. The highest BCUT2D eigenvalue weighted by Gasteiger charge is 2.30. The van der Waals surface area contributed by atoms with Gasteiger partial charge in [-0.05, 0) is 55.7 Å². The van der Waals surface area contributed by atoms with Crippen LogP contribution in [-0.4, -0.2) is 39.4 Å². The van der Waals surface area contributed by atoms with E-state index in [1.165, 1.54) is 23.4 Å². The standard InChI is InChI=1S/C25H32N4O2/c1-2-24(30)29-13-4-7-19(15-29)25(31)27-21-8-3-6-17-10-11-18(14-20(17)21)22-16-28-12-5-9-23(28)26-22/h10-11,14,16,19,21H,2-9,12-13,15H2,1H3,(H,27,31)/t19?,21-/m1/s1. The zero-order valence-electron chi connectivity index (χ0n) is 18.4. The van der Waals surface area contributed by atoms with Crippen LogP contribution in [0.25, 0.3) is 11.3 Å². The third kappa shape index (κ3) is 4.00. The average Bonchev–Trinajstić information content (AvgIpc) is 3.41. The van der Waals surface area contributed by atoms with Crippen molar-refractivity contribution in [2.24, 2.45) is 5.92 Å². The molecule has 2 aliphatic heterocycles. The maximum Gasteiger partial charge on any atom is 0.225 e. The van der Waals surface area contributed by atoms with Gasteiger partial charge in [0.05, 0.1) is 17.7 Å². The lowest BCUT2D eigenvalue weighted by molar-refractivity contribution is -0.135. The lowest BCUT2D eigenvalue weighted by Crippen LogP contribution is -2.46. The van der Waals surface area contributed by atoms with Crippen LogP contribution in [0.5, 0.6) is 0 Å². The summed E-state index contributed by atoms with van der Waals surface area (Å²) in [5.41, 5.74) is 4.74. The molecule has 1 unspecified atom stereocenters. The molecule has 6 nitrogen and oxygen atoms in total. The largest absolute Gasteiger partial charge is 0.349 e. The van der Waals surface area contributed by atoms with E-state index in [4.69, 9.17) is 4.98 Å². The third-order valence-corrected chi connectivity index (χ3v) is 7.18. The summed E-state index contributed by atoms with van der Waals surface area (Å²) in [6, 6.07) is 6.68. The number of likely N-dealkylation sites (tertiary alicyclic amines) is 1. The van der Waals surface area contributed by atoms with Gasteiger partial charge in [0.2, 0.25) is 11.8 Å². The topological polar surface area (TPSA) is 67.2 Å². The molecule has 0 bridgehead atoms. The van der Waals surface area contributed by atoms with Crippen LogP contribution in [-0.2, 0) is 29.0 Å². The van der Waals surface area contributed by atoms with Crippen molar-refractivity contribution in [3.8, 4) is 11.3 Å². The number of amides is 2. The van der Waals surface area contributed by atoms with Gasteiger partial charge >= 0.3 is 0 Å². The fourth-order valence-corrected chi connectivity index (χ4v) is 5.43. The predicted molar refractivity (Wildman–Crippen MR) is 119 cm³/mol. The normalized spacial score (nSPS) is 22.7. The van der Waals surface area contributed by atoms with Gasteiger partial charge in [-0.3, -0.25) is 9.59 Å². The molecule has 164 valence electrons. The molecule has 5 rings (SSSR count). The summed E-state index contributed by atoms with van der Waals surface area (Å²) in [6.45, 7) is 4.28. The van der Waals surface area contributed by atoms with E-state index in [0.717, 1.165) is 62.9 Å². The summed E-state index contributed by atoms with van der Waals surface area (Å²) in [5, 5.41) is 3.34. The van der Waals surface area contributed by atoms with Crippen LogP contribution in [0.2, 0.25) is 0 Å². The summed E-state index contributed by atoms with van der Waals surface area (Å²) in [6.07, 6.45) is 9.79. The molecular formula is C25H32N4O2. The first-order chi connectivity index (χ1) is 15.1. The van der Waals surface area contributed by atoms with Crippen LogP contribution < -0.4 is 5.32 Å². The van der Waals surface area contributed by atoms with E-state index in [1.54, 1.807) is 0 Å². The van der Waals surface area contributed by atoms with Crippen molar-refractivity contribution in [3.05, 3.63) is 41.3 Å². The summed E-state index contributed by atoms with van der Waals surface area (Å²) < 4.78 is 2.26. The maximum absolute atomic E-state index is 13.1. The number of hydrogen-bond acceptors (Lipinski definition) is 3. The van der Waals surface area contributed by atoms with Crippen molar-refractivity contribution < 1.29 is 9.59 Å². The Balaban J connectivity index is 1.33. The molecule has 0 spiro atoms. The number of nitrogens with one attached hydrogen (secondary N) is 1. The van der Waals surface area contributed by atoms with E-state index >= 15 is 0 Å². The van der Waals surface area contributed by atoms with E-state index in [2.05, 4.69) is 34.3 Å². The van der Waals surface area contributed by atoms with E-state index in [9.17, 15) is 9.59 Å². The van der Waals surface area contributed by atoms with Gasteiger partial charge in [-0.25, -0.2) is 4.98 Å². The highest BCUT2D eigenvalue weighted by atomic mass is 16.2. The van der Waals surface area contributed by atoms with Crippen LogP contribution in [0.3, 0.4) is 0 Å². The molecular weight excluding hydrogens is 388 g/mol. The van der Waals surface area contributed by atoms with Crippen molar-refractivity contribution >= 4 is 11.8 Å². The average molecular weight is 421 g/mol. The predicted octanol–water partition coefficient (Wildman–Crippen LogP) is 3.64. The molecule has 3 aliphatic rings. The van der Waals surface area contributed by atoms with Crippen LogP contribution in [0, 0.1) is 5.92 Å². The summed E-state index contributed by atoms with van der Waals surface area (Å²) in [4.78, 5) is 31.9. The molecule has 3 heterocycles. The van der Waals surface area contributed by atoms with E-state index in [1.807, 2.05) is 11.8 Å². The molecule has 0 saturated carbocycles. The number of hydrogen-bond donors (Lipinski definition) is 1. The number of fused-ring (bicyclic) bond motifs is 2. The molecule has 6 heteroatoms. The first kappa shape index (κ1) is 20.3. The van der Waals surface area contributed by atoms with Gasteiger partial charge in [0.15, 0.2) is 0 Å². The maximum atomic E-state index is 13.1. The Morgan fingerprint density at radius 3 is 2.87 bits per heavy atom. The van der Waals surface area contributed by atoms with E-state index in [0.29, 0.717) is 13.0 Å². The van der Waals surface area contributed by atoms with Crippen molar-refractivity contribution in [1.82, 2.24) is 19.8 Å². The van der Waals surface area contributed by atoms with E-state index in [-0.39, 0.29) is 23.8 Å². The lowest BCUT2D eigenvalue weighted by Gasteiger charge is -2.34. The molecule has 2 atom stereocenters. The number of aromatic nitrogens is 2. The molecule has 31 heavy (non-hydrogen) atoms. The van der Waals surface area contributed by atoms with Gasteiger partial charge in [-0.1, -0.05) is 19.1 Å². The summed E-state index contributed by atoms with van der Waals surface area (Å²) >= 11 is 0. The number of benzene rings is 1. The first-order valence-corrected chi connectivity index (χ1v) is 11.9. The SMILES string of the molecule is CCC(=O)N1CCCC(C(=O)N[C@@H]2CCCc3ccc(-c4cn5c(n4)CCC5)cc32)C1. The van der Waals surface area contributed by atoms with Crippen molar-refractivity contribution in [2.45, 2.75) is 70.9 Å². The molecule has 2 amide bonds. The Morgan fingerprint density at radius 2 is 2.03 bits per heavy atom. The van der Waals surface area contributed by atoms with Gasteiger partial charge in [0.25, 0.3) is 0 Å². The third-order valence-electron chi connectivity index (χ3n) is 7.18. The van der Waals surface area contributed by atoms with Gasteiger partial charge in [0, 0.05) is 44.2 Å². The zero-order valence-corrected chi connectivity index (χ0v) is 18.4. The Hall–Kier alpha value is -2.63. The van der Waals surface area contributed by atoms with Crippen LogP contribution in [0.1, 0.15) is 68.4 Å². The Kier molecular flexibility index (Phi) is 5.55. The van der Waals surface area contributed by atoms with Gasteiger partial charge in [-0.2, -0.15) is 0 Å². The van der Waals surface area contributed by atoms with Gasteiger partial charge in [0.1, 0.15) is 5.82 Å². The molecule has 1 saturated heterocycles. The van der Waals surface area contributed by atoms with Crippen LogP contribution >= 0.6 is 0 Å². The molecule has 1 aliphatic carbocycles. The first-order valence-electron chi connectivity index (χ1n) is 11.9. The quantitative estimate of drug-likeness (QED) is 0.821. The highest BCUT2D eigenvalue weighted by molar-refractivity contribution is 5.81. The highest BCUT2D eigenvalue weighted by Crippen LogP contribution is 2.34. The molecule has 1 aromatic carbocycles.